The summed E-state index contributed by atoms with van der Waals surface area (Å²) in [5.74, 6) is -2.58. The van der Waals surface area contributed by atoms with Crippen LogP contribution in [-0.4, -0.2) is 143 Å². The molecular weight excluding hydrogens is 1930 g/mol. The Morgan fingerprint density at radius 2 is 0.701 bits per heavy atom. The Labute approximate surface area is 725 Å². The van der Waals surface area contributed by atoms with Crippen LogP contribution in [0.2, 0.25) is 0 Å². The molecule has 0 radical (unpaired) electrons. The highest BCUT2D eigenvalue weighted by atomic mass is 79.9. The number of nitrogens with zero attached hydrogens (tertiary/aromatic N) is 4. The number of hydrogen-bond acceptors (Lipinski definition) is 21. The largest absolute Gasteiger partial charge is 0.506 e. The van der Waals surface area contributed by atoms with Gasteiger partial charge < -0.3 is 56.2 Å². The van der Waals surface area contributed by atoms with Gasteiger partial charge in [-0.25, -0.2) is 10.9 Å². The highest BCUT2D eigenvalue weighted by Crippen LogP contribution is 2.42. The summed E-state index contributed by atoms with van der Waals surface area (Å²) in [5.41, 5.74) is 5.90. The van der Waals surface area contributed by atoms with Gasteiger partial charge in [0.05, 0.1) is 31.4 Å². The number of rotatable bonds is 30. The van der Waals surface area contributed by atoms with Gasteiger partial charge in [-0.3, -0.25) is 27.8 Å². The van der Waals surface area contributed by atoms with Gasteiger partial charge in [0.1, 0.15) is 64.6 Å². The summed E-state index contributed by atoms with van der Waals surface area (Å²) in [6.45, 7) is -0.455. The van der Waals surface area contributed by atoms with Gasteiger partial charge in [-0.05, 0) is 230 Å². The third-order valence-corrected chi connectivity index (χ3v) is 24.5. The van der Waals surface area contributed by atoms with E-state index in [2.05, 4.69) is 106 Å². The van der Waals surface area contributed by atoms with E-state index in [4.69, 9.17) is 53.6 Å². The lowest BCUT2D eigenvalue weighted by atomic mass is 10.1. The molecule has 608 valence electrons. The molecule has 41 heteroatoms. The smallest absolute Gasteiger partial charge is 0.295 e. The summed E-state index contributed by atoms with van der Waals surface area (Å²) >= 11 is 35.2. The number of benzene rings is 10. The Bertz CT molecular complexity index is 5890. The molecule has 29 nitrogen and oxygen atoms in total. The van der Waals surface area contributed by atoms with Crippen molar-refractivity contribution in [3.8, 4) is 23.0 Å². The number of carbonyl (C=O) groups excluding carboxylic acids is 2. The molecule has 0 saturated carbocycles. The van der Waals surface area contributed by atoms with Crippen LogP contribution in [-0.2, 0) is 54.8 Å². The molecule has 0 aliphatic carbocycles. The number of halogens is 4. The first kappa shape index (κ1) is 89.7. The Balaban J connectivity index is 0.710. The molecule has 10 aromatic carbocycles. The normalized spacial score (nSPS) is 12.0. The lowest BCUT2D eigenvalue weighted by Crippen LogP contribution is -2.41. The number of phenols is 4. The maximum atomic E-state index is 13.5. The van der Waals surface area contributed by atoms with E-state index >= 15 is 0 Å². The molecule has 117 heavy (non-hydrogen) atoms. The average Bonchev–Trinajstić information content (AvgIpc) is 0.785. The Morgan fingerprint density at radius 3 is 1.02 bits per heavy atom. The third kappa shape index (κ3) is 24.3. The fourth-order valence-electron chi connectivity index (χ4n) is 11.2. The minimum atomic E-state index is -5.01. The van der Waals surface area contributed by atoms with Crippen LogP contribution in [0, 0.1) is 0 Å². The topological polar surface area (TPSA) is 445 Å². The maximum Gasteiger partial charge on any atom is 0.295 e. The molecule has 0 unspecified atom stereocenters. The van der Waals surface area contributed by atoms with Crippen LogP contribution in [0.25, 0.3) is 45.8 Å². The van der Waals surface area contributed by atoms with E-state index in [1.54, 1.807) is 36.4 Å². The number of thiocarbonyl (C=S) groups is 4. The number of fused-ring (bicyclic) bond motifs is 2. The minimum Gasteiger partial charge on any atom is -0.506 e. The molecule has 0 aliphatic heterocycles. The van der Waals surface area contributed by atoms with E-state index in [0.29, 0.717) is 24.2 Å². The second-order valence-electron chi connectivity index (χ2n) is 25.1. The van der Waals surface area contributed by atoms with Crippen LogP contribution in [0.5, 0.6) is 23.0 Å². The van der Waals surface area contributed by atoms with E-state index in [9.17, 15) is 81.9 Å². The van der Waals surface area contributed by atoms with Gasteiger partial charge in [-0.2, -0.15) is 43.9 Å². The van der Waals surface area contributed by atoms with Crippen LogP contribution < -0.4 is 41.9 Å². The van der Waals surface area contributed by atoms with E-state index < -0.39 is 85.0 Å². The molecule has 0 saturated heterocycles. The standard InChI is InChI=1S/C76H64Br4N10O19S8/c77-59-33-51(71(93)69(79)73(59)95)39-81-87-65(91)41-89(57-27-21-43-7-1-3-9-49(43)31-57)75(112)85-55-25-19-47(63(37-55)116(103,104)105)15-13-45-17-23-53(35-61(45)114(97,98)99)83-67(110)11-5-29-109-30-6-12-68(111)84-54-24-18-46(62(36-54)115(100,101)102)14-16-48-20-26-56(38-64(48)117(106,107)108)86-76(113)90(58-28-22-44-8-2-4-10-50(44)32-58)42-66(92)88-82-40-52-34-60(78)74(96)70(80)72(52)94/h1-4,7-10,13-28,31-40,93-96H,5-6,11-12,29-30,41-42H2,(H,83,110)(H,84,111)(H,85,112)(H,86,113)(H,87,91)(H,88,92)(H,97,98,99)(H,100,101,102)(H,103,104,105)(H,106,107,108)/b15-13+,16-14+,81-39-,82-40-. The molecule has 2 amide bonds. The number of anilines is 6. The molecule has 14 N–H and O–H groups in total. The number of phenolic OH excluding ortho intramolecular Hbond substituents is 4. The lowest BCUT2D eigenvalue weighted by Gasteiger charge is -2.25. The van der Waals surface area contributed by atoms with Crippen molar-refractivity contribution in [3.63, 3.8) is 0 Å². The number of ether oxygens (including phenoxy) is 1. The molecule has 0 atom stereocenters. The maximum absolute atomic E-state index is 13.5. The van der Waals surface area contributed by atoms with E-state index in [-0.39, 0.29) is 143 Å². The van der Waals surface area contributed by atoms with Crippen molar-refractivity contribution in [2.75, 3.05) is 57.4 Å². The number of aromatic hydroxyl groups is 4. The zero-order chi connectivity index (χ0) is 84.8. The predicted molar refractivity (Wildman–Crippen MR) is 481 cm³/mol. The van der Waals surface area contributed by atoms with Crippen molar-refractivity contribution in [2.45, 2.75) is 45.3 Å². The highest BCUT2D eigenvalue weighted by Gasteiger charge is 2.26. The second-order valence-corrected chi connectivity index (χ2v) is 35.7. The van der Waals surface area contributed by atoms with E-state index in [1.807, 2.05) is 48.5 Å². The van der Waals surface area contributed by atoms with Crippen LogP contribution >= 0.6 is 113 Å². The molecule has 0 fully saturated rings. The molecular formula is C76H64Br4N10O19S8. The molecule has 10 rings (SSSR count). The van der Waals surface area contributed by atoms with Crippen molar-refractivity contribution in [1.82, 2.24) is 10.9 Å². The molecule has 0 bridgehead atoms. The first-order valence-corrected chi connectivity index (χ1v) is 44.4. The predicted octanol–water partition coefficient (Wildman–Crippen LogP) is 15.7. The summed E-state index contributed by atoms with van der Waals surface area (Å²) in [5, 5.41) is 63.9. The zero-order valence-electron chi connectivity index (χ0n) is 59.9. The van der Waals surface area contributed by atoms with Gasteiger partial charge >= 0.3 is 0 Å². The second kappa shape index (κ2) is 39.3. The van der Waals surface area contributed by atoms with Gasteiger partial charge in [0, 0.05) is 71.3 Å². The Morgan fingerprint density at radius 1 is 0.393 bits per heavy atom. The van der Waals surface area contributed by atoms with Crippen molar-refractivity contribution in [2.24, 2.45) is 10.2 Å². The molecule has 0 aromatic heterocycles. The number of hydrazone groups is 2. The van der Waals surface area contributed by atoms with Crippen LogP contribution in [0.1, 0.15) is 59.1 Å². The summed E-state index contributed by atoms with van der Waals surface area (Å²) in [6.07, 6.45) is 8.44. The van der Waals surface area contributed by atoms with Crippen molar-refractivity contribution >= 4 is 277 Å². The third-order valence-electron chi connectivity index (χ3n) is 16.9. The van der Waals surface area contributed by atoms with Crippen molar-refractivity contribution in [3.05, 3.63) is 221 Å². The number of hydrogen-bond donors (Lipinski definition) is 14. The summed E-state index contributed by atoms with van der Waals surface area (Å²) in [4.78, 5) is 27.8. The quantitative estimate of drug-likeness (QED) is 0.00496. The summed E-state index contributed by atoms with van der Waals surface area (Å²) < 4.78 is 151. The first-order valence-electron chi connectivity index (χ1n) is 33.9. The molecule has 10 aromatic rings. The molecule has 0 aliphatic rings. The zero-order valence-corrected chi connectivity index (χ0v) is 72.8. The highest BCUT2D eigenvalue weighted by molar-refractivity contribution is 9.11. The fraction of sp³-hybridized carbons (Fsp3) is 0.105. The monoisotopic (exact) mass is 1990 g/mol. The van der Waals surface area contributed by atoms with E-state index in [0.717, 1.165) is 58.2 Å². The molecule has 0 heterocycles. The number of nitrogens with one attached hydrogen (secondary N) is 6. The lowest BCUT2D eigenvalue weighted by molar-refractivity contribution is -0.120. The van der Waals surface area contributed by atoms with Crippen LogP contribution in [0.3, 0.4) is 0 Å². The van der Waals surface area contributed by atoms with E-state index in [1.165, 1.54) is 94.8 Å². The van der Waals surface area contributed by atoms with Gasteiger partial charge in [0.15, 0.2) is 10.2 Å². The van der Waals surface area contributed by atoms with Crippen LogP contribution in [0.4, 0.5) is 34.1 Å². The van der Waals surface area contributed by atoms with Crippen molar-refractivity contribution < 1.29 is 86.6 Å². The summed E-state index contributed by atoms with van der Waals surface area (Å²) in [7, 11) is -19.9. The fourth-order valence-corrected chi connectivity index (χ4v) is 17.5. The number of amides is 2. The summed E-state index contributed by atoms with van der Waals surface area (Å²) in [6, 6.07) is 43.4. The van der Waals surface area contributed by atoms with Crippen LogP contribution in [0.15, 0.2) is 218 Å². The number of carbonyl (C=O) groups is 2. The van der Waals surface area contributed by atoms with Crippen molar-refractivity contribution in [1.29, 1.82) is 0 Å². The SMILES string of the molecule is O=C(CN(C(=S)Nc1ccc(/C=C/c2ccc(NC(=S)CCCOCCCC(=S)Nc3ccc(/C=C/c4ccc(NC(=S)N(CC(=O)N/N=C\c5cc(Br)c(O)c(Br)c5O)c5ccc6ccccc6c5)cc4S(=O)(=O)O)c(S(=O)(=O)O)c3)cc2S(=O)(=O)O)c(S(=O)(=O)O)c1)c1ccc2ccccc2c1)N/N=C\c1cc(Br)c(O)c(Br)c1O. The molecule has 0 spiro atoms. The first-order chi connectivity index (χ1) is 55.3. The van der Waals surface area contributed by atoms with Gasteiger partial charge in [0.2, 0.25) is 0 Å². The van der Waals surface area contributed by atoms with Gasteiger partial charge in [-0.1, -0.05) is 134 Å². The minimum absolute atomic E-state index is 0.0132. The van der Waals surface area contributed by atoms with Gasteiger partial charge in [0.25, 0.3) is 52.3 Å². The Kier molecular flexibility index (Phi) is 30.1. The van der Waals surface area contributed by atoms with Gasteiger partial charge in [-0.15, -0.1) is 0 Å². The average molecular weight is 2000 g/mol. The Hall–Kier alpha value is -9.64.